The zero-order chi connectivity index (χ0) is 45.7. The molecule has 4 amide bonds. The van der Waals surface area contributed by atoms with Crippen molar-refractivity contribution < 1.29 is 38.2 Å². The Morgan fingerprint density at radius 1 is 0.773 bits per heavy atom. The first kappa shape index (κ1) is 42.7. The van der Waals surface area contributed by atoms with Crippen molar-refractivity contribution in [2.45, 2.75) is 83.1 Å². The maximum atomic E-state index is 13.4. The van der Waals surface area contributed by atoms with Gasteiger partial charge < -0.3 is 19.1 Å². The largest absolute Gasteiger partial charge is 0.489 e. The highest BCUT2D eigenvalue weighted by molar-refractivity contribution is 6.23. The summed E-state index contributed by atoms with van der Waals surface area (Å²) < 4.78 is 19.8. The number of amides is 4. The van der Waals surface area contributed by atoms with E-state index in [1.54, 1.807) is 41.5 Å². The molecule has 338 valence electrons. The van der Waals surface area contributed by atoms with E-state index in [9.17, 15) is 24.0 Å². The first-order valence-electron chi connectivity index (χ1n) is 22.5. The molecule has 4 aromatic heterocycles. The number of piperazine rings is 1. The number of rotatable bonds is 11. The van der Waals surface area contributed by atoms with Gasteiger partial charge in [-0.1, -0.05) is 12.1 Å². The summed E-state index contributed by atoms with van der Waals surface area (Å²) in [5.74, 6) is -0.716. The quantitative estimate of drug-likeness (QED) is 0.138. The Morgan fingerprint density at radius 3 is 2.30 bits per heavy atom. The molecule has 2 saturated heterocycles. The van der Waals surface area contributed by atoms with Gasteiger partial charge >= 0.3 is 6.09 Å². The Balaban J connectivity index is 0.657. The van der Waals surface area contributed by atoms with Crippen molar-refractivity contribution in [3.05, 3.63) is 108 Å². The molecule has 2 aromatic carbocycles. The number of fused-ring (bicyclic) bond motifs is 4. The minimum Gasteiger partial charge on any atom is -0.489 e. The molecule has 16 nitrogen and oxygen atoms in total. The van der Waals surface area contributed by atoms with Crippen molar-refractivity contribution in [2.24, 2.45) is 0 Å². The molecule has 4 aliphatic rings. The van der Waals surface area contributed by atoms with Gasteiger partial charge in [-0.3, -0.25) is 44.3 Å². The summed E-state index contributed by atoms with van der Waals surface area (Å²) in [5.41, 5.74) is 5.09. The number of carbonyl (C=O) groups excluding carboxylic acids is 5. The maximum absolute atomic E-state index is 13.4. The standard InChI is InChI=1S/C50H50N8O8/c1-50(2,3)66-49(63)57-41-16-17-51-29-40(41)37-11-6-30(23-43(37)57)31-7-15-45(53-27-31)65-36-25-35(26-36)64-34-10-8-32(52-28-34)5-4-18-55-19-21-56(22-20-55)33-9-12-38-39(24-33)48(62)58(47(38)61)42-13-14-44(59)54-46(42)60/h6-12,15-17,23-24,27-29,35-36,42H,4-5,13-14,18-22,25-26H2,1-3H3,(H,54,59,60). The van der Waals surface area contributed by atoms with Crippen LogP contribution < -0.4 is 19.7 Å². The third-order valence-corrected chi connectivity index (χ3v) is 12.7. The molecule has 0 bridgehead atoms. The summed E-state index contributed by atoms with van der Waals surface area (Å²) in [4.78, 5) is 83.0. The van der Waals surface area contributed by atoms with Crippen molar-refractivity contribution in [3.63, 3.8) is 0 Å². The second-order valence-electron chi connectivity index (χ2n) is 18.4. The maximum Gasteiger partial charge on any atom is 0.419 e. The van der Waals surface area contributed by atoms with E-state index in [1.165, 1.54) is 0 Å². The molecule has 0 spiro atoms. The molecule has 10 rings (SSSR count). The SMILES string of the molecule is CC(C)(C)OC(=O)n1c2ccncc2c2ccc(-c3ccc(OC4CC(Oc5ccc(CCCN6CCN(c7ccc8c(c7)C(=O)N(C7CCC(=O)NC7=O)C8=O)CC6)nc5)C4)nc3)cc21. The molecule has 66 heavy (non-hydrogen) atoms. The van der Waals surface area contributed by atoms with E-state index in [1.807, 2.05) is 75.4 Å². The number of piperidine rings is 1. The number of nitrogens with zero attached hydrogens (tertiary/aromatic N) is 7. The first-order chi connectivity index (χ1) is 31.8. The second kappa shape index (κ2) is 17.3. The lowest BCUT2D eigenvalue weighted by Crippen LogP contribution is -2.54. The summed E-state index contributed by atoms with van der Waals surface area (Å²) in [6, 6.07) is 20.0. The Kier molecular flexibility index (Phi) is 11.2. The average molecular weight is 891 g/mol. The van der Waals surface area contributed by atoms with Crippen LogP contribution in [0.15, 0.2) is 91.5 Å². The average Bonchev–Trinajstić information content (AvgIpc) is 3.75. The smallest absolute Gasteiger partial charge is 0.419 e. The minimum absolute atomic E-state index is 0.00181. The fourth-order valence-electron chi connectivity index (χ4n) is 9.24. The summed E-state index contributed by atoms with van der Waals surface area (Å²) in [7, 11) is 0. The molecule has 1 saturated carbocycles. The highest BCUT2D eigenvalue weighted by Crippen LogP contribution is 2.35. The van der Waals surface area contributed by atoms with Crippen LogP contribution in [0, 0.1) is 0 Å². The van der Waals surface area contributed by atoms with E-state index < -0.39 is 41.4 Å². The number of carbonyl (C=O) groups is 5. The van der Waals surface area contributed by atoms with Crippen molar-refractivity contribution in [1.29, 1.82) is 0 Å². The molecule has 1 N–H and O–H groups in total. The number of anilines is 1. The monoisotopic (exact) mass is 890 g/mol. The fraction of sp³-hybridized carbons (Fsp3) is 0.360. The predicted octanol–water partition coefficient (Wildman–Crippen LogP) is 6.57. The Bertz CT molecular complexity index is 2880. The number of benzene rings is 2. The van der Waals surface area contributed by atoms with Crippen LogP contribution >= 0.6 is 0 Å². The van der Waals surface area contributed by atoms with E-state index in [2.05, 4.69) is 30.1 Å². The van der Waals surface area contributed by atoms with Crippen LogP contribution in [0.2, 0.25) is 0 Å². The van der Waals surface area contributed by atoms with Gasteiger partial charge in [-0.2, -0.15) is 0 Å². The lowest BCUT2D eigenvalue weighted by Gasteiger charge is -2.36. The van der Waals surface area contributed by atoms with Crippen LogP contribution in [0.1, 0.15) is 79.3 Å². The Morgan fingerprint density at radius 2 is 1.56 bits per heavy atom. The van der Waals surface area contributed by atoms with Crippen LogP contribution in [-0.4, -0.2) is 116 Å². The molecule has 1 unspecified atom stereocenters. The van der Waals surface area contributed by atoms with Crippen molar-refractivity contribution in [3.8, 4) is 22.8 Å². The van der Waals surface area contributed by atoms with E-state index in [0.717, 1.165) is 113 Å². The van der Waals surface area contributed by atoms with Gasteiger partial charge in [0.2, 0.25) is 17.7 Å². The summed E-state index contributed by atoms with van der Waals surface area (Å²) in [6.07, 6.45) is 10.1. The van der Waals surface area contributed by atoms with E-state index in [0.29, 0.717) is 11.4 Å². The topological polar surface area (TPSA) is 178 Å². The second-order valence-corrected chi connectivity index (χ2v) is 18.4. The van der Waals surface area contributed by atoms with Crippen LogP contribution in [0.4, 0.5) is 10.5 Å². The number of aryl methyl sites for hydroxylation is 1. The lowest BCUT2D eigenvalue weighted by molar-refractivity contribution is -0.136. The summed E-state index contributed by atoms with van der Waals surface area (Å²) >= 11 is 0. The van der Waals surface area contributed by atoms with Crippen LogP contribution in [0.5, 0.6) is 11.6 Å². The van der Waals surface area contributed by atoms with Gasteiger partial charge in [0.25, 0.3) is 11.8 Å². The number of imide groups is 2. The third-order valence-electron chi connectivity index (χ3n) is 12.7. The summed E-state index contributed by atoms with van der Waals surface area (Å²) in [5, 5.41) is 4.03. The third kappa shape index (κ3) is 8.55. The number of nitrogens with one attached hydrogen (secondary N) is 1. The van der Waals surface area contributed by atoms with Gasteiger partial charge in [0.05, 0.1) is 28.4 Å². The highest BCUT2D eigenvalue weighted by Gasteiger charge is 2.45. The lowest BCUT2D eigenvalue weighted by atomic mass is 9.92. The number of ether oxygens (including phenoxy) is 3. The molecule has 1 atom stereocenters. The van der Waals surface area contributed by atoms with E-state index in [-0.39, 0.29) is 30.6 Å². The molecule has 16 heteroatoms. The van der Waals surface area contributed by atoms with E-state index in [4.69, 9.17) is 14.2 Å². The minimum atomic E-state index is -0.978. The van der Waals surface area contributed by atoms with Crippen molar-refractivity contribution in [1.82, 2.24) is 34.6 Å². The Hall–Kier alpha value is -7.20. The molecular formula is C50H50N8O8. The molecular weight excluding hydrogens is 841 g/mol. The zero-order valence-corrected chi connectivity index (χ0v) is 37.1. The van der Waals surface area contributed by atoms with Gasteiger partial charge in [0.15, 0.2) is 0 Å². The molecule has 3 aliphatic heterocycles. The fourth-order valence-corrected chi connectivity index (χ4v) is 9.24. The Labute approximate surface area is 380 Å². The summed E-state index contributed by atoms with van der Waals surface area (Å²) in [6.45, 7) is 9.78. The number of pyridine rings is 3. The number of hydrogen-bond donors (Lipinski definition) is 1. The number of aromatic nitrogens is 4. The number of hydrogen-bond acceptors (Lipinski definition) is 13. The molecule has 1 aliphatic carbocycles. The van der Waals surface area contributed by atoms with Gasteiger partial charge in [0.1, 0.15) is 29.6 Å². The molecule has 3 fully saturated rings. The van der Waals surface area contributed by atoms with Crippen molar-refractivity contribution >= 4 is 57.2 Å². The normalized spacial score (nSPS) is 20.1. The van der Waals surface area contributed by atoms with Crippen LogP contribution in [-0.2, 0) is 20.7 Å². The van der Waals surface area contributed by atoms with Gasteiger partial charge in [-0.15, -0.1) is 0 Å². The first-order valence-corrected chi connectivity index (χ1v) is 22.5. The van der Waals surface area contributed by atoms with Gasteiger partial charge in [-0.05, 0) is 101 Å². The van der Waals surface area contributed by atoms with Gasteiger partial charge in [-0.25, -0.2) is 14.3 Å². The molecule has 7 heterocycles. The van der Waals surface area contributed by atoms with Crippen LogP contribution in [0.25, 0.3) is 32.9 Å². The van der Waals surface area contributed by atoms with Gasteiger partial charge in [0, 0.05) is 97.8 Å². The van der Waals surface area contributed by atoms with Crippen LogP contribution in [0.3, 0.4) is 0 Å². The van der Waals surface area contributed by atoms with E-state index >= 15 is 0 Å². The molecule has 6 aromatic rings. The predicted molar refractivity (Wildman–Crippen MR) is 244 cm³/mol. The zero-order valence-electron chi connectivity index (χ0n) is 37.1. The molecule has 0 radical (unpaired) electrons. The highest BCUT2D eigenvalue weighted by atomic mass is 16.6. The van der Waals surface area contributed by atoms with Crippen molar-refractivity contribution in [2.75, 3.05) is 37.6 Å².